The summed E-state index contributed by atoms with van der Waals surface area (Å²) in [5.74, 6) is -0.369. The SMILES string of the molecule is CCCCCCCCCCCCCCCCN1C(=O)C(=O)/C(=C(/O)c2ccc(Br)cc2)[C@@H]1c1ccc(OC)c(OC)c1. The lowest BCUT2D eigenvalue weighted by Crippen LogP contribution is -2.30. The number of hydrogen-bond donors (Lipinski definition) is 1. The molecule has 1 aliphatic heterocycles. The van der Waals surface area contributed by atoms with Crippen molar-refractivity contribution in [3.63, 3.8) is 0 Å². The first-order chi connectivity index (χ1) is 20.4. The molecule has 1 saturated heterocycles. The fourth-order valence-corrected chi connectivity index (χ4v) is 5.98. The van der Waals surface area contributed by atoms with Crippen LogP contribution < -0.4 is 9.47 Å². The number of amides is 1. The van der Waals surface area contributed by atoms with Crippen LogP contribution >= 0.6 is 15.9 Å². The number of aliphatic hydroxyl groups is 1. The smallest absolute Gasteiger partial charge is 0.295 e. The summed E-state index contributed by atoms with van der Waals surface area (Å²) in [5.41, 5.74) is 1.27. The number of ketones is 1. The highest BCUT2D eigenvalue weighted by Crippen LogP contribution is 2.42. The van der Waals surface area contributed by atoms with Crippen molar-refractivity contribution in [3.8, 4) is 11.5 Å². The number of unbranched alkanes of at least 4 members (excludes halogenated alkanes) is 13. The lowest BCUT2D eigenvalue weighted by molar-refractivity contribution is -0.139. The van der Waals surface area contributed by atoms with E-state index in [1.807, 2.05) is 6.07 Å². The Balaban J connectivity index is 1.62. The molecule has 0 unspecified atom stereocenters. The molecule has 1 aliphatic rings. The number of ether oxygens (including phenoxy) is 2. The van der Waals surface area contributed by atoms with Gasteiger partial charge >= 0.3 is 0 Å². The summed E-state index contributed by atoms with van der Waals surface area (Å²) in [6.07, 6.45) is 17.5. The Bertz CT molecular complexity index is 1180. The van der Waals surface area contributed by atoms with Gasteiger partial charge in [-0.05, 0) is 36.2 Å². The Kier molecular flexibility index (Phi) is 14.4. The molecule has 3 rings (SSSR count). The van der Waals surface area contributed by atoms with Crippen molar-refractivity contribution >= 4 is 33.4 Å². The summed E-state index contributed by atoms with van der Waals surface area (Å²) >= 11 is 3.41. The van der Waals surface area contributed by atoms with Gasteiger partial charge in [-0.15, -0.1) is 0 Å². The molecule has 1 amide bonds. The number of nitrogens with zero attached hydrogens (tertiary/aromatic N) is 1. The Morgan fingerprint density at radius 3 is 1.81 bits per heavy atom. The molecule has 0 bridgehead atoms. The van der Waals surface area contributed by atoms with Gasteiger partial charge in [0, 0.05) is 16.6 Å². The quantitative estimate of drug-likeness (QED) is 0.0715. The highest BCUT2D eigenvalue weighted by Gasteiger charge is 2.46. The number of methoxy groups -OCH3 is 2. The molecular weight excluding hydrogens is 594 g/mol. The zero-order valence-corrected chi connectivity index (χ0v) is 27.2. The van der Waals surface area contributed by atoms with Crippen LogP contribution in [0.2, 0.25) is 0 Å². The fourth-order valence-electron chi connectivity index (χ4n) is 5.72. The number of aliphatic hydroxyl groups excluding tert-OH is 1. The largest absolute Gasteiger partial charge is 0.507 e. The van der Waals surface area contributed by atoms with Crippen molar-refractivity contribution in [2.45, 2.75) is 103 Å². The predicted molar refractivity (Wildman–Crippen MR) is 173 cm³/mol. The molecule has 7 heteroatoms. The van der Waals surface area contributed by atoms with Gasteiger partial charge < -0.3 is 19.5 Å². The summed E-state index contributed by atoms with van der Waals surface area (Å²) < 4.78 is 11.8. The van der Waals surface area contributed by atoms with Crippen LogP contribution in [0, 0.1) is 0 Å². The second kappa shape index (κ2) is 18.0. The van der Waals surface area contributed by atoms with Gasteiger partial charge in [0.05, 0.1) is 25.8 Å². The van der Waals surface area contributed by atoms with E-state index in [-0.39, 0.29) is 11.3 Å². The first kappa shape index (κ1) is 33.7. The maximum absolute atomic E-state index is 13.3. The normalized spacial score (nSPS) is 16.3. The van der Waals surface area contributed by atoms with Gasteiger partial charge in [0.25, 0.3) is 11.7 Å². The second-order valence-corrected chi connectivity index (χ2v) is 12.1. The fraction of sp³-hybridized carbons (Fsp3) is 0.543. The van der Waals surface area contributed by atoms with Crippen molar-refractivity contribution in [2.75, 3.05) is 20.8 Å². The number of rotatable bonds is 19. The van der Waals surface area contributed by atoms with Crippen LogP contribution in [0.5, 0.6) is 11.5 Å². The Morgan fingerprint density at radius 1 is 0.762 bits per heavy atom. The molecule has 42 heavy (non-hydrogen) atoms. The lowest BCUT2D eigenvalue weighted by Gasteiger charge is -2.26. The molecule has 1 atom stereocenters. The van der Waals surface area contributed by atoms with E-state index in [0.29, 0.717) is 29.2 Å². The minimum absolute atomic E-state index is 0.0971. The van der Waals surface area contributed by atoms with Crippen molar-refractivity contribution in [1.82, 2.24) is 4.90 Å². The van der Waals surface area contributed by atoms with Gasteiger partial charge in [0.15, 0.2) is 11.5 Å². The average Bonchev–Trinajstić information content (AvgIpc) is 3.25. The minimum Gasteiger partial charge on any atom is -0.507 e. The van der Waals surface area contributed by atoms with Crippen LogP contribution in [0.25, 0.3) is 5.76 Å². The summed E-state index contributed by atoms with van der Waals surface area (Å²) in [6.45, 7) is 2.70. The van der Waals surface area contributed by atoms with Crippen molar-refractivity contribution in [3.05, 3.63) is 63.6 Å². The van der Waals surface area contributed by atoms with Gasteiger partial charge in [0.1, 0.15) is 5.76 Å². The first-order valence-corrected chi connectivity index (χ1v) is 16.5. The molecule has 2 aromatic carbocycles. The average molecular weight is 643 g/mol. The van der Waals surface area contributed by atoms with Gasteiger partial charge in [-0.1, -0.05) is 125 Å². The van der Waals surface area contributed by atoms with Crippen LogP contribution in [0.1, 0.15) is 114 Å². The number of hydrogen-bond acceptors (Lipinski definition) is 5. The van der Waals surface area contributed by atoms with E-state index in [2.05, 4.69) is 22.9 Å². The third-order valence-corrected chi connectivity index (χ3v) is 8.66. The molecule has 0 saturated carbocycles. The number of carbonyl (C=O) groups excluding carboxylic acids is 2. The maximum atomic E-state index is 13.3. The summed E-state index contributed by atoms with van der Waals surface area (Å²) in [7, 11) is 3.11. The van der Waals surface area contributed by atoms with E-state index in [0.717, 1.165) is 23.7 Å². The number of likely N-dealkylation sites (tertiary alicyclic amines) is 1. The first-order valence-electron chi connectivity index (χ1n) is 15.7. The summed E-state index contributed by atoms with van der Waals surface area (Å²) in [6, 6.07) is 11.7. The van der Waals surface area contributed by atoms with E-state index < -0.39 is 17.7 Å². The molecule has 6 nitrogen and oxygen atoms in total. The third-order valence-electron chi connectivity index (χ3n) is 8.13. The second-order valence-electron chi connectivity index (χ2n) is 11.2. The van der Waals surface area contributed by atoms with E-state index in [1.54, 1.807) is 55.5 Å². The van der Waals surface area contributed by atoms with Gasteiger partial charge in [-0.25, -0.2) is 0 Å². The Labute approximate surface area is 260 Å². The highest BCUT2D eigenvalue weighted by molar-refractivity contribution is 9.10. The van der Waals surface area contributed by atoms with Crippen LogP contribution in [0.3, 0.4) is 0 Å². The maximum Gasteiger partial charge on any atom is 0.295 e. The summed E-state index contributed by atoms with van der Waals surface area (Å²) in [4.78, 5) is 28.2. The van der Waals surface area contributed by atoms with Crippen molar-refractivity contribution in [1.29, 1.82) is 0 Å². The van der Waals surface area contributed by atoms with Crippen LogP contribution in [0.15, 0.2) is 52.5 Å². The monoisotopic (exact) mass is 641 g/mol. The Morgan fingerprint density at radius 2 is 1.29 bits per heavy atom. The number of carbonyl (C=O) groups is 2. The summed E-state index contributed by atoms with van der Waals surface area (Å²) in [5, 5.41) is 11.3. The van der Waals surface area contributed by atoms with Crippen LogP contribution in [0.4, 0.5) is 0 Å². The molecule has 1 N–H and O–H groups in total. The van der Waals surface area contributed by atoms with E-state index in [9.17, 15) is 14.7 Å². The highest BCUT2D eigenvalue weighted by atomic mass is 79.9. The molecule has 0 aromatic heterocycles. The van der Waals surface area contributed by atoms with Gasteiger partial charge in [0.2, 0.25) is 0 Å². The van der Waals surface area contributed by atoms with E-state index in [1.165, 1.54) is 70.6 Å². The predicted octanol–water partition coefficient (Wildman–Crippen LogP) is 9.37. The molecule has 2 aromatic rings. The van der Waals surface area contributed by atoms with E-state index >= 15 is 0 Å². The van der Waals surface area contributed by atoms with E-state index in [4.69, 9.17) is 9.47 Å². The number of benzene rings is 2. The number of halogens is 1. The molecule has 1 heterocycles. The molecule has 230 valence electrons. The van der Waals surface area contributed by atoms with Crippen molar-refractivity contribution in [2.24, 2.45) is 0 Å². The van der Waals surface area contributed by atoms with Gasteiger partial charge in [-0.2, -0.15) is 0 Å². The standard InChI is InChI=1S/C35H48BrNO5/c1-4-5-6-7-8-9-10-11-12-13-14-15-16-17-24-37-32(27-20-23-29(41-2)30(25-27)42-3)31(34(39)35(37)40)33(38)26-18-21-28(36)22-19-26/h18-23,25,32,38H,4-17,24H2,1-3H3/b33-31+/t32-/m0/s1. The topological polar surface area (TPSA) is 76.1 Å². The molecular formula is C35H48BrNO5. The Hall–Kier alpha value is -2.80. The van der Waals surface area contributed by atoms with Crippen molar-refractivity contribution < 1.29 is 24.2 Å². The lowest BCUT2D eigenvalue weighted by atomic mass is 9.95. The number of Topliss-reactive ketones (excluding diaryl/α,β-unsaturated/α-hetero) is 1. The van der Waals surface area contributed by atoms with Gasteiger partial charge in [-0.3, -0.25) is 9.59 Å². The molecule has 0 aliphatic carbocycles. The third kappa shape index (κ3) is 9.35. The van der Waals surface area contributed by atoms with Crippen LogP contribution in [-0.2, 0) is 9.59 Å². The molecule has 0 radical (unpaired) electrons. The zero-order chi connectivity index (χ0) is 30.3. The van der Waals surface area contributed by atoms with Crippen LogP contribution in [-0.4, -0.2) is 42.5 Å². The molecule has 1 fully saturated rings. The minimum atomic E-state index is -0.713. The zero-order valence-electron chi connectivity index (χ0n) is 25.6. The molecule has 0 spiro atoms.